The molecule has 1 aromatic carbocycles. The molecule has 0 spiro atoms. The molecule has 1 unspecified atom stereocenters. The summed E-state index contributed by atoms with van der Waals surface area (Å²) in [5.74, 6) is 0. The lowest BCUT2D eigenvalue weighted by molar-refractivity contribution is 0.140. The van der Waals surface area contributed by atoms with Gasteiger partial charge in [0.25, 0.3) is 0 Å². The van der Waals surface area contributed by atoms with Gasteiger partial charge in [0.05, 0.1) is 6.10 Å². The zero-order valence-corrected chi connectivity index (χ0v) is 15.1. The first kappa shape index (κ1) is 16.9. The van der Waals surface area contributed by atoms with Crippen LogP contribution in [-0.2, 0) is 4.43 Å². The van der Waals surface area contributed by atoms with Gasteiger partial charge in [-0.25, -0.2) is 0 Å². The maximum atomic E-state index is 9.31. The molecule has 0 fully saturated rings. The van der Waals surface area contributed by atoms with E-state index in [9.17, 15) is 5.11 Å². The molecule has 0 bridgehead atoms. The van der Waals surface area contributed by atoms with Gasteiger partial charge in [-0.1, -0.05) is 54.9 Å². The Morgan fingerprint density at radius 1 is 1.26 bits per heavy atom. The lowest BCUT2D eigenvalue weighted by atomic mass is 10.1. The van der Waals surface area contributed by atoms with Crippen molar-refractivity contribution in [2.24, 2.45) is 0 Å². The molecule has 0 aromatic heterocycles. The highest BCUT2D eigenvalue weighted by molar-refractivity contribution is 9.10. The Labute approximate surface area is 126 Å². The quantitative estimate of drug-likeness (QED) is 0.770. The van der Waals surface area contributed by atoms with Crippen molar-refractivity contribution in [1.29, 1.82) is 0 Å². The lowest BCUT2D eigenvalue weighted by Gasteiger charge is -2.39. The van der Waals surface area contributed by atoms with E-state index >= 15 is 0 Å². The predicted octanol–water partition coefficient (Wildman–Crippen LogP) is 4.89. The summed E-state index contributed by atoms with van der Waals surface area (Å²) in [6.07, 6.45) is 0.594. The van der Waals surface area contributed by atoms with Crippen molar-refractivity contribution in [3.8, 4) is 0 Å². The van der Waals surface area contributed by atoms with Crippen LogP contribution in [0.25, 0.3) is 0 Å². The van der Waals surface area contributed by atoms with Crippen molar-refractivity contribution in [2.45, 2.75) is 51.4 Å². The van der Waals surface area contributed by atoms with Gasteiger partial charge in [0, 0.05) is 11.1 Å². The SMILES string of the molecule is CC(C)(C)[Si](C)(C)OC(CCO)c1ccccc1Br. The van der Waals surface area contributed by atoms with Gasteiger partial charge in [0.2, 0.25) is 0 Å². The highest BCUT2D eigenvalue weighted by atomic mass is 79.9. The van der Waals surface area contributed by atoms with Gasteiger partial charge in [0.15, 0.2) is 8.32 Å². The number of hydrogen-bond acceptors (Lipinski definition) is 2. The summed E-state index contributed by atoms with van der Waals surface area (Å²) in [4.78, 5) is 0. The van der Waals surface area contributed by atoms with Crippen LogP contribution in [0.3, 0.4) is 0 Å². The van der Waals surface area contributed by atoms with Gasteiger partial charge in [-0.3, -0.25) is 0 Å². The van der Waals surface area contributed by atoms with E-state index in [2.05, 4.69) is 55.9 Å². The van der Waals surface area contributed by atoms with Gasteiger partial charge in [-0.05, 0) is 36.2 Å². The van der Waals surface area contributed by atoms with Crippen LogP contribution in [0.4, 0.5) is 0 Å². The summed E-state index contributed by atoms with van der Waals surface area (Å²) in [7, 11) is -1.84. The molecule has 1 rings (SSSR count). The van der Waals surface area contributed by atoms with E-state index in [1.807, 2.05) is 18.2 Å². The number of benzene rings is 1. The molecular weight excluding hydrogens is 320 g/mol. The highest BCUT2D eigenvalue weighted by Crippen LogP contribution is 2.41. The van der Waals surface area contributed by atoms with Gasteiger partial charge >= 0.3 is 0 Å². The van der Waals surface area contributed by atoms with Gasteiger partial charge in [-0.2, -0.15) is 0 Å². The highest BCUT2D eigenvalue weighted by Gasteiger charge is 2.39. The van der Waals surface area contributed by atoms with Gasteiger partial charge < -0.3 is 9.53 Å². The van der Waals surface area contributed by atoms with Crippen molar-refractivity contribution in [3.05, 3.63) is 34.3 Å². The Morgan fingerprint density at radius 3 is 2.32 bits per heavy atom. The molecule has 4 heteroatoms. The minimum atomic E-state index is -1.84. The first-order chi connectivity index (χ1) is 8.69. The smallest absolute Gasteiger partial charge is 0.192 e. The van der Waals surface area contributed by atoms with Crippen molar-refractivity contribution >= 4 is 24.2 Å². The largest absolute Gasteiger partial charge is 0.410 e. The Balaban J connectivity index is 3.00. The first-order valence-electron chi connectivity index (χ1n) is 6.72. The number of aliphatic hydroxyl groups is 1. The fraction of sp³-hybridized carbons (Fsp3) is 0.600. The lowest BCUT2D eigenvalue weighted by Crippen LogP contribution is -2.42. The molecule has 0 saturated heterocycles. The van der Waals surface area contributed by atoms with Crippen molar-refractivity contribution in [1.82, 2.24) is 0 Å². The first-order valence-corrected chi connectivity index (χ1v) is 10.4. The summed E-state index contributed by atoms with van der Waals surface area (Å²) in [6.45, 7) is 11.3. The minimum absolute atomic E-state index is 0.0403. The molecule has 0 aliphatic heterocycles. The third kappa shape index (κ3) is 4.41. The van der Waals surface area contributed by atoms with Crippen LogP contribution in [0.5, 0.6) is 0 Å². The Bertz CT molecular complexity index is 413. The summed E-state index contributed by atoms with van der Waals surface area (Å²) < 4.78 is 7.51. The van der Waals surface area contributed by atoms with Crippen LogP contribution < -0.4 is 0 Å². The summed E-state index contributed by atoms with van der Waals surface area (Å²) in [5, 5.41) is 9.48. The summed E-state index contributed by atoms with van der Waals surface area (Å²) in [6, 6.07) is 8.10. The second kappa shape index (κ2) is 6.53. The molecule has 1 atom stereocenters. The molecule has 0 amide bonds. The van der Waals surface area contributed by atoms with Crippen LogP contribution >= 0.6 is 15.9 Å². The van der Waals surface area contributed by atoms with E-state index in [4.69, 9.17) is 4.43 Å². The van der Waals surface area contributed by atoms with E-state index in [-0.39, 0.29) is 17.7 Å². The van der Waals surface area contributed by atoms with E-state index in [1.54, 1.807) is 0 Å². The average Bonchev–Trinajstić information content (AvgIpc) is 2.27. The molecule has 1 aromatic rings. The summed E-state index contributed by atoms with van der Waals surface area (Å²) in [5.41, 5.74) is 1.13. The maximum Gasteiger partial charge on any atom is 0.192 e. The zero-order chi connectivity index (χ0) is 14.7. The normalized spacial score (nSPS) is 14.5. The van der Waals surface area contributed by atoms with E-state index in [0.29, 0.717) is 6.42 Å². The third-order valence-electron chi connectivity index (χ3n) is 3.89. The predicted molar refractivity (Wildman–Crippen MR) is 86.9 cm³/mol. The summed E-state index contributed by atoms with van der Waals surface area (Å²) >= 11 is 3.58. The number of halogens is 1. The van der Waals surface area contributed by atoms with Crippen molar-refractivity contribution in [2.75, 3.05) is 6.61 Å². The van der Waals surface area contributed by atoms with Crippen molar-refractivity contribution < 1.29 is 9.53 Å². The molecule has 0 radical (unpaired) electrons. The third-order valence-corrected chi connectivity index (χ3v) is 9.09. The molecular formula is C15H25BrO2Si. The van der Waals surface area contributed by atoms with Crippen molar-refractivity contribution in [3.63, 3.8) is 0 Å². The van der Waals surface area contributed by atoms with Crippen LogP contribution in [0.1, 0.15) is 38.9 Å². The van der Waals surface area contributed by atoms with E-state index in [0.717, 1.165) is 10.0 Å². The topological polar surface area (TPSA) is 29.5 Å². The number of rotatable bonds is 5. The molecule has 108 valence electrons. The van der Waals surface area contributed by atoms with Crippen LogP contribution in [0, 0.1) is 0 Å². The van der Waals surface area contributed by atoms with Crippen LogP contribution in [0.15, 0.2) is 28.7 Å². The Hall–Kier alpha value is -0.163. The Morgan fingerprint density at radius 2 is 1.84 bits per heavy atom. The zero-order valence-electron chi connectivity index (χ0n) is 12.5. The fourth-order valence-electron chi connectivity index (χ4n) is 1.66. The number of hydrogen-bond donors (Lipinski definition) is 1. The average molecular weight is 345 g/mol. The van der Waals surface area contributed by atoms with Crippen LogP contribution in [-0.4, -0.2) is 20.0 Å². The minimum Gasteiger partial charge on any atom is -0.410 e. The molecule has 0 saturated carbocycles. The number of aliphatic hydroxyl groups excluding tert-OH is 1. The fourth-order valence-corrected chi connectivity index (χ4v) is 3.51. The van der Waals surface area contributed by atoms with E-state index in [1.165, 1.54) is 0 Å². The second-order valence-electron chi connectivity index (χ2n) is 6.40. The maximum absolute atomic E-state index is 9.31. The molecule has 1 N–H and O–H groups in total. The second-order valence-corrected chi connectivity index (χ2v) is 12.0. The molecule has 0 aliphatic rings. The Kier molecular flexibility index (Phi) is 5.80. The molecule has 0 heterocycles. The van der Waals surface area contributed by atoms with Gasteiger partial charge in [0.1, 0.15) is 0 Å². The van der Waals surface area contributed by atoms with Crippen LogP contribution in [0.2, 0.25) is 18.1 Å². The van der Waals surface area contributed by atoms with Gasteiger partial charge in [-0.15, -0.1) is 0 Å². The standard InChI is InChI=1S/C15H25BrO2Si/c1-15(2,3)19(4,5)18-14(10-11-17)12-8-6-7-9-13(12)16/h6-9,14,17H,10-11H2,1-5H3. The monoisotopic (exact) mass is 344 g/mol. The molecule has 0 aliphatic carbocycles. The van der Waals surface area contributed by atoms with E-state index < -0.39 is 8.32 Å². The molecule has 2 nitrogen and oxygen atoms in total. The molecule has 19 heavy (non-hydrogen) atoms.